The van der Waals surface area contributed by atoms with Crippen LogP contribution in [0.1, 0.15) is 43.1 Å². The fourth-order valence-corrected chi connectivity index (χ4v) is 2.35. The molecule has 1 aromatic rings. The van der Waals surface area contributed by atoms with E-state index in [1.807, 2.05) is 38.2 Å². The summed E-state index contributed by atoms with van der Waals surface area (Å²) in [4.78, 5) is 24.3. The molecule has 1 N–H and O–H groups in total. The van der Waals surface area contributed by atoms with Gasteiger partial charge in [0.25, 0.3) is 5.91 Å². The number of Topliss-reactive ketones (excluding diaryl/α,β-unsaturated/α-hetero) is 1. The molecule has 0 heterocycles. The van der Waals surface area contributed by atoms with Crippen LogP contribution in [-0.2, 0) is 4.79 Å². The largest absolute Gasteiger partial charge is 0.342 e. The molecule has 144 valence electrons. The molecular formula is C22H25F2NO2. The number of hydrogen-bond donors (Lipinski definition) is 1. The number of benzene rings is 1. The number of aryl methyl sites for hydroxylation is 1. The van der Waals surface area contributed by atoms with Crippen molar-refractivity contribution in [3.05, 3.63) is 83.0 Å². The van der Waals surface area contributed by atoms with Gasteiger partial charge in [0.1, 0.15) is 11.6 Å². The molecule has 5 heteroatoms. The molecule has 0 aliphatic rings. The monoisotopic (exact) mass is 373 g/mol. The van der Waals surface area contributed by atoms with Gasteiger partial charge in [-0.05, 0) is 57.4 Å². The van der Waals surface area contributed by atoms with Crippen molar-refractivity contribution in [1.29, 1.82) is 0 Å². The van der Waals surface area contributed by atoms with Crippen LogP contribution in [0.2, 0.25) is 0 Å². The maximum Gasteiger partial charge on any atom is 0.254 e. The van der Waals surface area contributed by atoms with Crippen molar-refractivity contribution < 1.29 is 18.4 Å². The molecule has 1 atom stereocenters. The van der Waals surface area contributed by atoms with Crippen LogP contribution in [-0.4, -0.2) is 17.7 Å². The lowest BCUT2D eigenvalue weighted by molar-refractivity contribution is -0.118. The maximum atomic E-state index is 14.0. The fraction of sp³-hybridized carbons (Fsp3) is 0.273. The molecule has 3 nitrogen and oxygen atoms in total. The third-order valence-electron chi connectivity index (χ3n) is 4.04. The Labute approximate surface area is 159 Å². The van der Waals surface area contributed by atoms with Crippen LogP contribution in [0.5, 0.6) is 0 Å². The average molecular weight is 373 g/mol. The predicted molar refractivity (Wildman–Crippen MR) is 104 cm³/mol. The Bertz CT molecular complexity index is 820. The van der Waals surface area contributed by atoms with Crippen LogP contribution in [0.25, 0.3) is 0 Å². The van der Waals surface area contributed by atoms with Crippen LogP contribution in [0.15, 0.2) is 60.2 Å². The molecular weight excluding hydrogens is 348 g/mol. The first kappa shape index (κ1) is 22.2. The van der Waals surface area contributed by atoms with Gasteiger partial charge in [-0.15, -0.1) is 0 Å². The van der Waals surface area contributed by atoms with E-state index in [0.717, 1.165) is 23.3 Å². The van der Waals surface area contributed by atoms with Crippen LogP contribution in [0.4, 0.5) is 8.78 Å². The Hall–Kier alpha value is -2.82. The summed E-state index contributed by atoms with van der Waals surface area (Å²) >= 11 is 0. The van der Waals surface area contributed by atoms with Gasteiger partial charge in [0.2, 0.25) is 0 Å². The number of ketones is 1. The first-order valence-corrected chi connectivity index (χ1v) is 8.59. The minimum atomic E-state index is -0.846. The van der Waals surface area contributed by atoms with Crippen molar-refractivity contribution in [2.45, 2.75) is 40.2 Å². The van der Waals surface area contributed by atoms with Crippen molar-refractivity contribution in [2.24, 2.45) is 0 Å². The molecule has 0 aliphatic heterocycles. The van der Waals surface area contributed by atoms with Gasteiger partial charge in [0.15, 0.2) is 5.78 Å². The fourth-order valence-electron chi connectivity index (χ4n) is 2.35. The molecule has 0 saturated carbocycles. The molecule has 1 aromatic carbocycles. The van der Waals surface area contributed by atoms with Crippen molar-refractivity contribution in [2.75, 3.05) is 0 Å². The van der Waals surface area contributed by atoms with Crippen LogP contribution in [0, 0.1) is 18.6 Å². The van der Waals surface area contributed by atoms with Crippen molar-refractivity contribution in [3.8, 4) is 0 Å². The number of halogens is 2. The second-order valence-electron chi connectivity index (χ2n) is 6.27. The molecule has 0 fully saturated rings. The number of rotatable bonds is 8. The number of carbonyl (C=O) groups is 2. The van der Waals surface area contributed by atoms with E-state index in [1.165, 1.54) is 13.8 Å². The van der Waals surface area contributed by atoms with Crippen LogP contribution in [0.3, 0.4) is 0 Å². The number of amides is 1. The summed E-state index contributed by atoms with van der Waals surface area (Å²) in [5.74, 6) is -2.61. The summed E-state index contributed by atoms with van der Waals surface area (Å²) < 4.78 is 27.7. The van der Waals surface area contributed by atoms with E-state index >= 15 is 0 Å². The Morgan fingerprint density at radius 3 is 2.41 bits per heavy atom. The SMILES string of the molecule is C=C/C=C(C)/C=C\C(=C/C)C[C@H](NC(=O)c1cc(F)c(C)cc1F)C(C)=O. The third-order valence-corrected chi connectivity index (χ3v) is 4.04. The number of nitrogens with one attached hydrogen (secondary N) is 1. The molecule has 1 amide bonds. The quantitative estimate of drug-likeness (QED) is 0.653. The second-order valence-corrected chi connectivity index (χ2v) is 6.27. The standard InChI is InChI=1S/C22H25F2NO2/c1-6-8-14(3)9-10-17(7-2)12-21(16(5)26)25-22(27)18-13-19(23)15(4)11-20(18)24/h6-11,13,21H,1,12H2,2-5H3,(H,25,27)/b10-9-,14-8+,17-7+/t21-/m0/s1. The minimum Gasteiger partial charge on any atom is -0.342 e. The highest BCUT2D eigenvalue weighted by Crippen LogP contribution is 2.16. The number of allylic oxidation sites excluding steroid dienone is 6. The summed E-state index contributed by atoms with van der Waals surface area (Å²) in [5.41, 5.74) is 1.48. The zero-order valence-electron chi connectivity index (χ0n) is 16.1. The van der Waals surface area contributed by atoms with Crippen LogP contribution < -0.4 is 5.32 Å². The molecule has 0 spiro atoms. The number of carbonyl (C=O) groups excluding carboxylic acids is 2. The second kappa shape index (κ2) is 10.4. The highest BCUT2D eigenvalue weighted by atomic mass is 19.1. The first-order chi connectivity index (χ1) is 12.7. The highest BCUT2D eigenvalue weighted by Gasteiger charge is 2.21. The van der Waals surface area contributed by atoms with E-state index in [-0.39, 0.29) is 17.8 Å². The average Bonchev–Trinajstić information content (AvgIpc) is 2.60. The van der Waals surface area contributed by atoms with E-state index in [9.17, 15) is 18.4 Å². The minimum absolute atomic E-state index is 0.108. The molecule has 0 aromatic heterocycles. The van der Waals surface area contributed by atoms with E-state index in [2.05, 4.69) is 11.9 Å². The molecule has 27 heavy (non-hydrogen) atoms. The Morgan fingerprint density at radius 1 is 1.19 bits per heavy atom. The zero-order chi connectivity index (χ0) is 20.6. The van der Waals surface area contributed by atoms with Gasteiger partial charge >= 0.3 is 0 Å². The maximum absolute atomic E-state index is 14.0. The van der Waals surface area contributed by atoms with E-state index < -0.39 is 29.1 Å². The van der Waals surface area contributed by atoms with Gasteiger partial charge < -0.3 is 5.32 Å². The summed E-state index contributed by atoms with van der Waals surface area (Å²) in [5, 5.41) is 2.50. The zero-order valence-corrected chi connectivity index (χ0v) is 16.1. The lowest BCUT2D eigenvalue weighted by Gasteiger charge is -2.17. The normalized spacial score (nSPS) is 13.6. The van der Waals surface area contributed by atoms with Gasteiger partial charge in [0, 0.05) is 0 Å². The van der Waals surface area contributed by atoms with Gasteiger partial charge in [-0.25, -0.2) is 8.78 Å². The predicted octanol–water partition coefficient (Wildman–Crippen LogP) is 4.99. The van der Waals surface area contributed by atoms with Gasteiger partial charge in [-0.2, -0.15) is 0 Å². The third kappa shape index (κ3) is 6.77. The Morgan fingerprint density at radius 2 is 1.85 bits per heavy atom. The molecule has 0 saturated heterocycles. The Kier molecular flexibility index (Phi) is 8.52. The van der Waals surface area contributed by atoms with Crippen molar-refractivity contribution in [1.82, 2.24) is 5.32 Å². The molecule has 0 bridgehead atoms. The lowest BCUT2D eigenvalue weighted by atomic mass is 10.0. The van der Waals surface area contributed by atoms with Gasteiger partial charge in [0.05, 0.1) is 11.6 Å². The highest BCUT2D eigenvalue weighted by molar-refractivity contribution is 5.97. The molecule has 1 rings (SSSR count). The first-order valence-electron chi connectivity index (χ1n) is 8.59. The smallest absolute Gasteiger partial charge is 0.254 e. The summed E-state index contributed by atoms with van der Waals surface area (Å²) in [6.07, 6.45) is 9.28. The van der Waals surface area contributed by atoms with Gasteiger partial charge in [-0.3, -0.25) is 9.59 Å². The molecule has 0 unspecified atom stereocenters. The van der Waals surface area contributed by atoms with Crippen molar-refractivity contribution in [3.63, 3.8) is 0 Å². The summed E-state index contributed by atoms with van der Waals surface area (Å²) in [6, 6.07) is 0.958. The number of hydrogen-bond acceptors (Lipinski definition) is 2. The van der Waals surface area contributed by atoms with Crippen molar-refractivity contribution >= 4 is 11.7 Å². The van der Waals surface area contributed by atoms with Gasteiger partial charge in [-0.1, -0.05) is 42.5 Å². The molecule has 0 aliphatic carbocycles. The summed E-state index contributed by atoms with van der Waals surface area (Å²) in [6.45, 7) is 10.1. The van der Waals surface area contributed by atoms with Crippen LogP contribution >= 0.6 is 0 Å². The Balaban J connectivity index is 2.98. The lowest BCUT2D eigenvalue weighted by Crippen LogP contribution is -2.40. The van der Waals surface area contributed by atoms with E-state index in [1.54, 1.807) is 6.08 Å². The molecule has 0 radical (unpaired) electrons. The summed E-state index contributed by atoms with van der Waals surface area (Å²) in [7, 11) is 0. The topological polar surface area (TPSA) is 46.2 Å². The van der Waals surface area contributed by atoms with E-state index in [4.69, 9.17) is 0 Å². The van der Waals surface area contributed by atoms with E-state index in [0.29, 0.717) is 0 Å².